The standard InChI is InChI=1S/C21H25N5O2/c1-14(27-16-7-3-2-4-8-16)20-17-13-26(11-10-18(17)22-23-20)12-15-6-5-9-19-21(15)25-28-24-19/h2-9,14,17-18,20,22-23H,10-13H2,1H3. The molecule has 146 valence electrons. The third-order valence-electron chi connectivity index (χ3n) is 5.97. The van der Waals surface area contributed by atoms with E-state index < -0.39 is 0 Å². The second-order valence-corrected chi connectivity index (χ2v) is 7.79. The molecule has 28 heavy (non-hydrogen) atoms. The lowest BCUT2D eigenvalue weighted by Gasteiger charge is -2.37. The predicted octanol–water partition coefficient (Wildman–Crippen LogP) is 2.36. The normalized spacial score (nSPS) is 26.2. The lowest BCUT2D eigenvalue weighted by Crippen LogP contribution is -2.49. The topological polar surface area (TPSA) is 75.5 Å². The van der Waals surface area contributed by atoms with Gasteiger partial charge in [-0.25, -0.2) is 4.63 Å². The van der Waals surface area contributed by atoms with Crippen molar-refractivity contribution in [1.82, 2.24) is 26.1 Å². The van der Waals surface area contributed by atoms with Crippen LogP contribution in [0.3, 0.4) is 0 Å². The van der Waals surface area contributed by atoms with Crippen LogP contribution in [-0.2, 0) is 6.54 Å². The molecule has 4 unspecified atom stereocenters. The fraction of sp³-hybridized carbons (Fsp3) is 0.429. The number of benzene rings is 2. The minimum atomic E-state index is 0.0769. The van der Waals surface area contributed by atoms with Gasteiger partial charge in [-0.05, 0) is 47.4 Å². The quantitative estimate of drug-likeness (QED) is 0.705. The molecule has 0 radical (unpaired) electrons. The lowest BCUT2D eigenvalue weighted by atomic mass is 9.86. The number of ether oxygens (including phenoxy) is 1. The van der Waals surface area contributed by atoms with Gasteiger partial charge in [0, 0.05) is 31.6 Å². The highest BCUT2D eigenvalue weighted by Crippen LogP contribution is 2.29. The van der Waals surface area contributed by atoms with Crippen molar-refractivity contribution in [2.45, 2.75) is 38.1 Å². The molecule has 0 aliphatic carbocycles. The number of nitrogens with one attached hydrogen (secondary N) is 2. The predicted molar refractivity (Wildman–Crippen MR) is 106 cm³/mol. The van der Waals surface area contributed by atoms with Gasteiger partial charge in [0.1, 0.15) is 22.9 Å². The smallest absolute Gasteiger partial charge is 0.139 e. The van der Waals surface area contributed by atoms with Gasteiger partial charge in [0.15, 0.2) is 0 Å². The third-order valence-corrected chi connectivity index (χ3v) is 5.97. The number of rotatable bonds is 5. The summed E-state index contributed by atoms with van der Waals surface area (Å²) in [4.78, 5) is 2.50. The molecule has 0 spiro atoms. The van der Waals surface area contributed by atoms with Gasteiger partial charge in [-0.2, -0.15) is 0 Å². The molecule has 0 amide bonds. The Morgan fingerprint density at radius 2 is 2.04 bits per heavy atom. The van der Waals surface area contributed by atoms with Gasteiger partial charge >= 0.3 is 0 Å². The number of hydrogen-bond donors (Lipinski definition) is 2. The van der Waals surface area contributed by atoms with Gasteiger partial charge in [-0.15, -0.1) is 0 Å². The Hall–Kier alpha value is -2.48. The van der Waals surface area contributed by atoms with Crippen LogP contribution in [0.2, 0.25) is 0 Å². The van der Waals surface area contributed by atoms with Crippen molar-refractivity contribution in [3.05, 3.63) is 54.1 Å². The van der Waals surface area contributed by atoms with Gasteiger partial charge in [0.05, 0.1) is 6.04 Å². The first kappa shape index (κ1) is 17.6. The Morgan fingerprint density at radius 1 is 1.14 bits per heavy atom. The third kappa shape index (κ3) is 3.37. The van der Waals surface area contributed by atoms with Gasteiger partial charge in [0.2, 0.25) is 0 Å². The van der Waals surface area contributed by atoms with Crippen molar-refractivity contribution in [1.29, 1.82) is 0 Å². The number of piperidine rings is 1. The maximum absolute atomic E-state index is 6.20. The van der Waals surface area contributed by atoms with Crippen molar-refractivity contribution in [3.8, 4) is 5.75 Å². The molecule has 7 nitrogen and oxygen atoms in total. The number of hydrogen-bond acceptors (Lipinski definition) is 7. The number of fused-ring (bicyclic) bond motifs is 2. The van der Waals surface area contributed by atoms with Crippen molar-refractivity contribution in [2.24, 2.45) is 5.92 Å². The fourth-order valence-electron chi connectivity index (χ4n) is 4.53. The molecular formula is C21H25N5O2. The van der Waals surface area contributed by atoms with E-state index in [4.69, 9.17) is 9.37 Å². The average molecular weight is 379 g/mol. The van der Waals surface area contributed by atoms with Crippen LogP contribution >= 0.6 is 0 Å². The second-order valence-electron chi connectivity index (χ2n) is 7.79. The molecule has 2 fully saturated rings. The summed E-state index contributed by atoms with van der Waals surface area (Å²) in [6.07, 6.45) is 1.19. The number of para-hydroxylation sites is 1. The van der Waals surface area contributed by atoms with Gasteiger partial charge in [-0.3, -0.25) is 15.8 Å². The molecule has 0 saturated carbocycles. The molecule has 2 N–H and O–H groups in total. The largest absolute Gasteiger partial charge is 0.489 e. The maximum atomic E-state index is 6.20. The minimum Gasteiger partial charge on any atom is -0.489 e. The summed E-state index contributed by atoms with van der Waals surface area (Å²) in [6, 6.07) is 16.9. The molecule has 0 bridgehead atoms. The molecule has 2 saturated heterocycles. The van der Waals surface area contributed by atoms with Crippen LogP contribution in [0.5, 0.6) is 5.75 Å². The molecule has 3 aromatic rings. The summed E-state index contributed by atoms with van der Waals surface area (Å²) < 4.78 is 11.1. The Balaban J connectivity index is 1.28. The molecule has 1 aromatic heterocycles. The first-order chi connectivity index (χ1) is 13.8. The number of likely N-dealkylation sites (tertiary alicyclic amines) is 1. The van der Waals surface area contributed by atoms with E-state index >= 15 is 0 Å². The van der Waals surface area contributed by atoms with E-state index in [1.54, 1.807) is 0 Å². The highest BCUT2D eigenvalue weighted by molar-refractivity contribution is 5.76. The first-order valence-electron chi connectivity index (χ1n) is 9.93. The van der Waals surface area contributed by atoms with Gasteiger partial charge < -0.3 is 4.74 Å². The molecule has 4 atom stereocenters. The number of nitrogens with zero attached hydrogens (tertiary/aromatic N) is 3. The van der Waals surface area contributed by atoms with Crippen LogP contribution in [0.15, 0.2) is 53.2 Å². The Kier molecular flexibility index (Phi) is 4.72. The van der Waals surface area contributed by atoms with E-state index in [0.717, 1.165) is 42.8 Å². The van der Waals surface area contributed by atoms with Crippen molar-refractivity contribution >= 4 is 11.0 Å². The lowest BCUT2D eigenvalue weighted by molar-refractivity contribution is 0.104. The summed E-state index contributed by atoms with van der Waals surface area (Å²) in [7, 11) is 0. The number of hydrazine groups is 1. The zero-order valence-corrected chi connectivity index (χ0v) is 15.9. The van der Waals surface area contributed by atoms with Gasteiger partial charge in [-0.1, -0.05) is 30.3 Å². The second kappa shape index (κ2) is 7.50. The summed E-state index contributed by atoms with van der Waals surface area (Å²) >= 11 is 0. The Bertz CT molecular complexity index is 931. The first-order valence-corrected chi connectivity index (χ1v) is 9.93. The van der Waals surface area contributed by atoms with Crippen molar-refractivity contribution in [2.75, 3.05) is 13.1 Å². The van der Waals surface area contributed by atoms with Crippen LogP contribution in [-0.4, -0.2) is 46.5 Å². The van der Waals surface area contributed by atoms with Crippen molar-refractivity contribution in [3.63, 3.8) is 0 Å². The van der Waals surface area contributed by atoms with Crippen LogP contribution in [0.25, 0.3) is 11.0 Å². The van der Waals surface area contributed by atoms with E-state index in [0.29, 0.717) is 12.0 Å². The van der Waals surface area contributed by atoms with E-state index in [9.17, 15) is 0 Å². The van der Waals surface area contributed by atoms with E-state index in [1.165, 1.54) is 5.56 Å². The van der Waals surface area contributed by atoms with Crippen LogP contribution in [0, 0.1) is 5.92 Å². The highest BCUT2D eigenvalue weighted by Gasteiger charge is 2.42. The number of aromatic nitrogens is 2. The molecule has 3 heterocycles. The Morgan fingerprint density at radius 3 is 2.93 bits per heavy atom. The zero-order chi connectivity index (χ0) is 18.9. The maximum Gasteiger partial charge on any atom is 0.139 e. The zero-order valence-electron chi connectivity index (χ0n) is 15.9. The molecular weight excluding hydrogens is 354 g/mol. The summed E-state index contributed by atoms with van der Waals surface area (Å²) in [6.45, 7) is 5.07. The van der Waals surface area contributed by atoms with Gasteiger partial charge in [0.25, 0.3) is 0 Å². The Labute approximate surface area is 164 Å². The van der Waals surface area contributed by atoms with Crippen LogP contribution < -0.4 is 15.6 Å². The molecule has 2 aliphatic heterocycles. The minimum absolute atomic E-state index is 0.0769. The average Bonchev–Trinajstić information content (AvgIpc) is 3.36. The summed E-state index contributed by atoms with van der Waals surface area (Å²) in [5.41, 5.74) is 9.83. The SMILES string of the molecule is CC(Oc1ccccc1)C1NNC2CCN(Cc3cccc4nonc34)CC21. The summed E-state index contributed by atoms with van der Waals surface area (Å²) in [5, 5.41) is 8.04. The molecule has 2 aromatic carbocycles. The van der Waals surface area contributed by atoms with E-state index in [2.05, 4.69) is 39.1 Å². The molecule has 7 heteroatoms. The highest BCUT2D eigenvalue weighted by atomic mass is 16.6. The molecule has 2 aliphatic rings. The van der Waals surface area contributed by atoms with E-state index in [-0.39, 0.29) is 12.1 Å². The monoisotopic (exact) mass is 379 g/mol. The fourth-order valence-corrected chi connectivity index (χ4v) is 4.53. The molecule has 5 rings (SSSR count). The van der Waals surface area contributed by atoms with Crippen LogP contribution in [0.4, 0.5) is 0 Å². The van der Waals surface area contributed by atoms with Crippen LogP contribution in [0.1, 0.15) is 18.9 Å². The van der Waals surface area contributed by atoms with Crippen molar-refractivity contribution < 1.29 is 9.37 Å². The van der Waals surface area contributed by atoms with E-state index in [1.807, 2.05) is 42.5 Å². The summed E-state index contributed by atoms with van der Waals surface area (Å²) in [5.74, 6) is 1.40.